The van der Waals surface area contributed by atoms with Crippen LogP contribution < -0.4 is 5.32 Å². The molecule has 2 aromatic carbocycles. The monoisotopic (exact) mass is 423 g/mol. The Bertz CT molecular complexity index is 1060. The number of thioether (sulfide) groups is 1. The lowest BCUT2D eigenvalue weighted by atomic mass is 10.2. The van der Waals surface area contributed by atoms with Crippen LogP contribution in [0.15, 0.2) is 46.7 Å². The van der Waals surface area contributed by atoms with Crippen LogP contribution in [0.3, 0.4) is 0 Å². The first kappa shape index (κ1) is 17.1. The number of benzene rings is 2. The lowest BCUT2D eigenvalue weighted by molar-refractivity contribution is 1.36. The van der Waals surface area contributed by atoms with E-state index >= 15 is 0 Å². The third-order valence-electron chi connectivity index (χ3n) is 3.52. The molecule has 1 N–H and O–H groups in total. The number of fused-ring (bicyclic) bond motifs is 1. The Balaban J connectivity index is 1.60. The number of anilines is 2. The molecule has 0 atom stereocenters. The van der Waals surface area contributed by atoms with Crippen LogP contribution in [0.1, 0.15) is 0 Å². The summed E-state index contributed by atoms with van der Waals surface area (Å²) < 4.78 is 1.16. The van der Waals surface area contributed by atoms with E-state index < -0.39 is 0 Å². The smallest absolute Gasteiger partial charge is 0.190 e. The fraction of sp³-hybridized carbons (Fsp3) is 0.0588. The largest absolute Gasteiger partial charge is 0.307 e. The number of aromatic nitrogens is 2. The normalized spacial score (nSPS) is 11.2. The van der Waals surface area contributed by atoms with Crippen LogP contribution >= 0.6 is 57.6 Å². The molecule has 4 aromatic rings. The standard InChI is InChI=1S/C17H11Cl2N3S3/c1-23-10-3-5-13-15(7-10)25-17(20-13)22-16-21-14(8-24-16)11-4-2-9(18)6-12(11)19/h2-8H,1H3,(H,20,21,22). The van der Waals surface area contributed by atoms with E-state index in [9.17, 15) is 0 Å². The van der Waals surface area contributed by atoms with Crippen LogP contribution in [0.2, 0.25) is 10.0 Å². The molecule has 8 heteroatoms. The molecule has 0 radical (unpaired) electrons. The molecular formula is C17H11Cl2N3S3. The first-order chi connectivity index (χ1) is 12.1. The van der Waals surface area contributed by atoms with Crippen molar-refractivity contribution in [3.05, 3.63) is 51.8 Å². The van der Waals surface area contributed by atoms with Gasteiger partial charge in [0.05, 0.1) is 20.9 Å². The van der Waals surface area contributed by atoms with Gasteiger partial charge in [0.1, 0.15) is 0 Å². The van der Waals surface area contributed by atoms with Crippen molar-refractivity contribution in [1.29, 1.82) is 0 Å². The second-order valence-corrected chi connectivity index (χ2v) is 8.75. The van der Waals surface area contributed by atoms with E-state index in [1.54, 1.807) is 29.2 Å². The predicted octanol–water partition coefficient (Wildman–Crippen LogP) is 7.19. The van der Waals surface area contributed by atoms with E-state index in [1.165, 1.54) is 16.2 Å². The van der Waals surface area contributed by atoms with E-state index in [4.69, 9.17) is 23.2 Å². The second kappa shape index (κ2) is 7.13. The summed E-state index contributed by atoms with van der Waals surface area (Å²) in [6, 6.07) is 11.7. The van der Waals surface area contributed by atoms with Crippen molar-refractivity contribution in [2.45, 2.75) is 4.90 Å². The average molecular weight is 424 g/mol. The fourth-order valence-corrected chi connectivity index (χ4v) is 5.03. The molecule has 0 aliphatic rings. The third-order valence-corrected chi connectivity index (χ3v) is 6.49. The van der Waals surface area contributed by atoms with Crippen LogP contribution in [-0.4, -0.2) is 16.2 Å². The van der Waals surface area contributed by atoms with Crippen molar-refractivity contribution in [2.75, 3.05) is 11.6 Å². The molecule has 4 rings (SSSR count). The number of thiazole rings is 2. The number of hydrogen-bond donors (Lipinski definition) is 1. The molecule has 0 unspecified atom stereocenters. The molecule has 0 fully saturated rings. The molecule has 3 nitrogen and oxygen atoms in total. The summed E-state index contributed by atoms with van der Waals surface area (Å²) in [4.78, 5) is 10.5. The van der Waals surface area contributed by atoms with Gasteiger partial charge in [-0.1, -0.05) is 34.5 Å². The highest BCUT2D eigenvalue weighted by Gasteiger charge is 2.11. The maximum Gasteiger partial charge on any atom is 0.190 e. The second-order valence-electron chi connectivity index (χ2n) is 5.14. The highest BCUT2D eigenvalue weighted by atomic mass is 35.5. The van der Waals surface area contributed by atoms with Crippen molar-refractivity contribution in [3.8, 4) is 11.3 Å². The summed E-state index contributed by atoms with van der Waals surface area (Å²) in [5.74, 6) is 0. The van der Waals surface area contributed by atoms with Gasteiger partial charge in [0, 0.05) is 20.9 Å². The van der Waals surface area contributed by atoms with E-state index in [2.05, 4.69) is 33.7 Å². The van der Waals surface area contributed by atoms with Gasteiger partial charge in [-0.25, -0.2) is 9.97 Å². The van der Waals surface area contributed by atoms with Crippen molar-refractivity contribution >= 4 is 78.1 Å². The summed E-state index contributed by atoms with van der Waals surface area (Å²) >= 11 is 17.1. The van der Waals surface area contributed by atoms with E-state index in [-0.39, 0.29) is 0 Å². The maximum absolute atomic E-state index is 6.26. The highest BCUT2D eigenvalue weighted by Crippen LogP contribution is 2.35. The average Bonchev–Trinajstić information content (AvgIpc) is 3.20. The van der Waals surface area contributed by atoms with Crippen molar-refractivity contribution in [2.24, 2.45) is 0 Å². The molecule has 0 amide bonds. The number of rotatable bonds is 4. The Kier molecular flexibility index (Phi) is 4.88. The van der Waals surface area contributed by atoms with Crippen LogP contribution in [0.25, 0.3) is 21.5 Å². The topological polar surface area (TPSA) is 37.8 Å². The molecule has 0 aliphatic carbocycles. The minimum atomic E-state index is 0.592. The zero-order valence-electron chi connectivity index (χ0n) is 12.9. The number of halogens is 2. The van der Waals surface area contributed by atoms with Crippen LogP contribution in [0.5, 0.6) is 0 Å². The Morgan fingerprint density at radius 1 is 1.04 bits per heavy atom. The van der Waals surface area contributed by atoms with E-state index in [0.29, 0.717) is 10.0 Å². The number of nitrogens with zero attached hydrogens (tertiary/aromatic N) is 2. The summed E-state index contributed by atoms with van der Waals surface area (Å²) in [5, 5.41) is 8.08. The molecule has 2 aromatic heterocycles. The first-order valence-electron chi connectivity index (χ1n) is 7.25. The lowest BCUT2D eigenvalue weighted by Crippen LogP contribution is -1.88. The van der Waals surface area contributed by atoms with Gasteiger partial charge in [-0.15, -0.1) is 23.1 Å². The van der Waals surface area contributed by atoms with Crippen LogP contribution in [0.4, 0.5) is 10.3 Å². The molecule has 0 saturated carbocycles. The van der Waals surface area contributed by atoms with Crippen molar-refractivity contribution < 1.29 is 0 Å². The van der Waals surface area contributed by atoms with Crippen LogP contribution in [-0.2, 0) is 0 Å². The number of hydrogen-bond acceptors (Lipinski definition) is 6. The molecular weight excluding hydrogens is 413 g/mol. The van der Waals surface area contributed by atoms with E-state index in [0.717, 1.165) is 31.7 Å². The Hall–Kier alpha value is -1.31. The van der Waals surface area contributed by atoms with Gasteiger partial charge < -0.3 is 5.32 Å². The number of nitrogens with one attached hydrogen (secondary N) is 1. The van der Waals surface area contributed by atoms with Gasteiger partial charge >= 0.3 is 0 Å². The van der Waals surface area contributed by atoms with Gasteiger partial charge in [-0.05, 0) is 42.7 Å². The van der Waals surface area contributed by atoms with Gasteiger partial charge in [0.15, 0.2) is 10.3 Å². The quantitative estimate of drug-likeness (QED) is 0.352. The zero-order valence-corrected chi connectivity index (χ0v) is 16.9. The van der Waals surface area contributed by atoms with Crippen LogP contribution in [0, 0.1) is 0 Å². The zero-order chi connectivity index (χ0) is 17.4. The third kappa shape index (κ3) is 3.64. The summed E-state index contributed by atoms with van der Waals surface area (Å²) in [6.07, 6.45) is 2.07. The molecule has 0 aliphatic heterocycles. The fourth-order valence-electron chi connectivity index (χ4n) is 2.33. The Morgan fingerprint density at radius 2 is 1.92 bits per heavy atom. The molecule has 25 heavy (non-hydrogen) atoms. The van der Waals surface area contributed by atoms with Crippen molar-refractivity contribution in [1.82, 2.24) is 9.97 Å². The minimum Gasteiger partial charge on any atom is -0.307 e. The predicted molar refractivity (Wildman–Crippen MR) is 112 cm³/mol. The van der Waals surface area contributed by atoms with Gasteiger partial charge in [0.25, 0.3) is 0 Å². The first-order valence-corrected chi connectivity index (χ1v) is 10.9. The van der Waals surface area contributed by atoms with Gasteiger partial charge in [-0.3, -0.25) is 0 Å². The SMILES string of the molecule is CSc1ccc2nc(Nc3nc(-c4ccc(Cl)cc4Cl)cs3)sc2c1. The molecule has 0 saturated heterocycles. The summed E-state index contributed by atoms with van der Waals surface area (Å²) in [6.45, 7) is 0. The molecule has 0 bridgehead atoms. The Morgan fingerprint density at radius 3 is 2.72 bits per heavy atom. The summed E-state index contributed by atoms with van der Waals surface area (Å²) in [5.41, 5.74) is 2.67. The van der Waals surface area contributed by atoms with E-state index in [1.807, 2.05) is 23.6 Å². The van der Waals surface area contributed by atoms with Crippen molar-refractivity contribution in [3.63, 3.8) is 0 Å². The Labute approximate surface area is 167 Å². The van der Waals surface area contributed by atoms with Gasteiger partial charge in [-0.2, -0.15) is 0 Å². The lowest BCUT2D eigenvalue weighted by Gasteiger charge is -2.01. The highest BCUT2D eigenvalue weighted by molar-refractivity contribution is 7.98. The molecule has 2 heterocycles. The van der Waals surface area contributed by atoms with Gasteiger partial charge in [0.2, 0.25) is 0 Å². The minimum absolute atomic E-state index is 0.592. The maximum atomic E-state index is 6.26. The molecule has 0 spiro atoms. The molecule has 126 valence electrons. The summed E-state index contributed by atoms with van der Waals surface area (Å²) in [7, 11) is 0.